The van der Waals surface area contributed by atoms with E-state index in [2.05, 4.69) is 0 Å². The van der Waals surface area contributed by atoms with Gasteiger partial charge in [0.2, 0.25) is 0 Å². The Kier molecular flexibility index (Phi) is 4.74. The molecule has 0 bridgehead atoms. The van der Waals surface area contributed by atoms with E-state index < -0.39 is 9.84 Å². The highest BCUT2D eigenvalue weighted by Crippen LogP contribution is 2.36. The fourth-order valence-corrected chi connectivity index (χ4v) is 5.27. The third-order valence-corrected chi connectivity index (χ3v) is 7.12. The van der Waals surface area contributed by atoms with Crippen molar-refractivity contribution >= 4 is 37.3 Å². The number of hydrogen-bond acceptors (Lipinski definition) is 5. The third kappa shape index (κ3) is 3.61. The minimum atomic E-state index is -3.35. The van der Waals surface area contributed by atoms with E-state index in [1.165, 1.54) is 12.1 Å². The van der Waals surface area contributed by atoms with Crippen molar-refractivity contribution in [1.29, 1.82) is 0 Å². The highest BCUT2D eigenvalue weighted by atomic mass is 32.2. The van der Waals surface area contributed by atoms with Crippen molar-refractivity contribution in [2.45, 2.75) is 30.2 Å². The van der Waals surface area contributed by atoms with E-state index in [1.54, 1.807) is 23.5 Å². The second-order valence-electron chi connectivity index (χ2n) is 6.83. The summed E-state index contributed by atoms with van der Waals surface area (Å²) in [6, 6.07) is 14.2. The molecule has 27 heavy (non-hydrogen) atoms. The lowest BCUT2D eigenvalue weighted by molar-refractivity contribution is 0.0611. The van der Waals surface area contributed by atoms with Crippen molar-refractivity contribution in [3.63, 3.8) is 0 Å². The van der Waals surface area contributed by atoms with Crippen LogP contribution in [-0.4, -0.2) is 37.0 Å². The van der Waals surface area contributed by atoms with Crippen molar-refractivity contribution in [2.24, 2.45) is 0 Å². The molecule has 1 amide bonds. The number of nitrogens with zero attached hydrogens (tertiary/aromatic N) is 2. The molecule has 0 N–H and O–H groups in total. The maximum Gasteiger partial charge on any atom is 0.254 e. The van der Waals surface area contributed by atoms with Crippen LogP contribution in [0.15, 0.2) is 53.4 Å². The second-order valence-corrected chi connectivity index (χ2v) is 9.91. The Morgan fingerprint density at radius 1 is 1.15 bits per heavy atom. The molecular weight excluding hydrogens is 380 g/mol. The molecular formula is C20H20N2O3S2. The van der Waals surface area contributed by atoms with Crippen molar-refractivity contribution in [3.05, 3.63) is 59.1 Å². The molecule has 1 aromatic heterocycles. The zero-order valence-corrected chi connectivity index (χ0v) is 16.6. The summed E-state index contributed by atoms with van der Waals surface area (Å²) >= 11 is 1.63. The molecule has 4 rings (SSSR count). The van der Waals surface area contributed by atoms with Gasteiger partial charge < -0.3 is 4.90 Å². The van der Waals surface area contributed by atoms with E-state index in [0.29, 0.717) is 12.1 Å². The number of carbonyl (C=O) groups excluding carboxylic acids is 1. The predicted molar refractivity (Wildman–Crippen MR) is 107 cm³/mol. The molecule has 1 fully saturated rings. The fraction of sp³-hybridized carbons (Fsp3) is 0.300. The summed E-state index contributed by atoms with van der Waals surface area (Å²) in [6.45, 7) is 0.655. The Bertz CT molecular complexity index is 1070. The van der Waals surface area contributed by atoms with Crippen LogP contribution < -0.4 is 0 Å². The van der Waals surface area contributed by atoms with E-state index in [4.69, 9.17) is 4.98 Å². The van der Waals surface area contributed by atoms with E-state index in [0.717, 1.165) is 40.7 Å². The molecule has 1 saturated heterocycles. The molecule has 140 valence electrons. The topological polar surface area (TPSA) is 67.3 Å². The van der Waals surface area contributed by atoms with Gasteiger partial charge in [-0.25, -0.2) is 13.4 Å². The highest BCUT2D eigenvalue weighted by molar-refractivity contribution is 7.90. The fourth-order valence-electron chi connectivity index (χ4n) is 3.49. The lowest BCUT2D eigenvalue weighted by Crippen LogP contribution is -2.38. The Labute approximate surface area is 162 Å². The third-order valence-electron chi connectivity index (χ3n) is 4.87. The van der Waals surface area contributed by atoms with Gasteiger partial charge in [-0.05, 0) is 49.6 Å². The van der Waals surface area contributed by atoms with E-state index in [1.807, 2.05) is 29.2 Å². The van der Waals surface area contributed by atoms with Gasteiger partial charge in [0.05, 0.1) is 21.2 Å². The monoisotopic (exact) mass is 400 g/mol. The van der Waals surface area contributed by atoms with Crippen LogP contribution in [0.4, 0.5) is 0 Å². The van der Waals surface area contributed by atoms with Crippen molar-refractivity contribution in [3.8, 4) is 0 Å². The van der Waals surface area contributed by atoms with E-state index in [-0.39, 0.29) is 16.8 Å². The number of fused-ring (bicyclic) bond motifs is 1. The SMILES string of the molecule is CS(=O)(=O)c1cccc(C(=O)N2CCCC[C@H]2c2nc3ccccc3s2)c1. The van der Waals surface area contributed by atoms with E-state index >= 15 is 0 Å². The van der Waals surface area contributed by atoms with Crippen molar-refractivity contribution in [1.82, 2.24) is 9.88 Å². The first-order chi connectivity index (χ1) is 12.9. The van der Waals surface area contributed by atoms with Crippen LogP contribution in [0, 0.1) is 0 Å². The normalized spacial score (nSPS) is 18.0. The molecule has 0 spiro atoms. The number of aromatic nitrogens is 1. The molecule has 0 unspecified atom stereocenters. The van der Waals surface area contributed by atoms with Gasteiger partial charge in [0.15, 0.2) is 9.84 Å². The molecule has 3 aromatic rings. The van der Waals surface area contributed by atoms with Gasteiger partial charge in [-0.1, -0.05) is 18.2 Å². The van der Waals surface area contributed by atoms with Gasteiger partial charge in [-0.15, -0.1) is 11.3 Å². The molecule has 0 radical (unpaired) electrons. The summed E-state index contributed by atoms with van der Waals surface area (Å²) in [5.74, 6) is -0.135. The number of para-hydroxylation sites is 1. The average Bonchev–Trinajstić information content (AvgIpc) is 3.11. The first-order valence-electron chi connectivity index (χ1n) is 8.90. The first-order valence-corrected chi connectivity index (χ1v) is 11.6. The summed E-state index contributed by atoms with van der Waals surface area (Å²) < 4.78 is 24.8. The molecule has 0 saturated carbocycles. The quantitative estimate of drug-likeness (QED) is 0.665. The maximum absolute atomic E-state index is 13.2. The summed E-state index contributed by atoms with van der Waals surface area (Å²) in [7, 11) is -3.35. The van der Waals surface area contributed by atoms with Crippen LogP contribution in [0.3, 0.4) is 0 Å². The van der Waals surface area contributed by atoms with Gasteiger partial charge in [-0.2, -0.15) is 0 Å². The summed E-state index contributed by atoms with van der Waals surface area (Å²) in [5, 5.41) is 0.948. The van der Waals surface area contributed by atoms with Crippen LogP contribution in [0.1, 0.15) is 40.7 Å². The number of likely N-dealkylation sites (tertiary alicyclic amines) is 1. The number of piperidine rings is 1. The van der Waals surface area contributed by atoms with Crippen molar-refractivity contribution < 1.29 is 13.2 Å². The van der Waals surface area contributed by atoms with E-state index in [9.17, 15) is 13.2 Å². The zero-order valence-electron chi connectivity index (χ0n) is 15.0. The summed E-state index contributed by atoms with van der Waals surface area (Å²) in [6.07, 6.45) is 4.02. The lowest BCUT2D eigenvalue weighted by Gasteiger charge is -2.34. The highest BCUT2D eigenvalue weighted by Gasteiger charge is 2.31. The van der Waals surface area contributed by atoms with Crippen molar-refractivity contribution in [2.75, 3.05) is 12.8 Å². The largest absolute Gasteiger partial charge is 0.329 e. The Morgan fingerprint density at radius 3 is 2.74 bits per heavy atom. The smallest absolute Gasteiger partial charge is 0.254 e. The van der Waals surface area contributed by atoms with Crippen LogP contribution in [0.5, 0.6) is 0 Å². The molecule has 2 heterocycles. The molecule has 1 atom stereocenters. The minimum Gasteiger partial charge on any atom is -0.329 e. The molecule has 5 nitrogen and oxygen atoms in total. The Morgan fingerprint density at radius 2 is 1.96 bits per heavy atom. The van der Waals surface area contributed by atoms with Gasteiger partial charge in [-0.3, -0.25) is 4.79 Å². The molecule has 2 aromatic carbocycles. The maximum atomic E-state index is 13.2. The number of sulfone groups is 1. The number of rotatable bonds is 3. The van der Waals surface area contributed by atoms with Crippen LogP contribution in [0.2, 0.25) is 0 Å². The Balaban J connectivity index is 1.69. The van der Waals surface area contributed by atoms with Crippen LogP contribution in [0.25, 0.3) is 10.2 Å². The van der Waals surface area contributed by atoms with Gasteiger partial charge in [0.25, 0.3) is 5.91 Å². The molecule has 1 aliphatic rings. The second kappa shape index (κ2) is 7.05. The minimum absolute atomic E-state index is 0.0643. The van der Waals surface area contributed by atoms with Gasteiger partial charge in [0.1, 0.15) is 5.01 Å². The van der Waals surface area contributed by atoms with Crippen LogP contribution in [-0.2, 0) is 9.84 Å². The average molecular weight is 401 g/mol. The first kappa shape index (κ1) is 18.1. The molecule has 7 heteroatoms. The molecule has 0 aliphatic carbocycles. The molecule has 1 aliphatic heterocycles. The zero-order chi connectivity index (χ0) is 19.0. The number of carbonyl (C=O) groups is 1. The predicted octanol–water partition coefficient (Wildman–Crippen LogP) is 4.07. The number of benzene rings is 2. The van der Waals surface area contributed by atoms with Gasteiger partial charge in [0, 0.05) is 18.4 Å². The number of thiazole rings is 1. The summed E-state index contributed by atoms with van der Waals surface area (Å²) in [5.41, 5.74) is 1.36. The standard InChI is InChI=1S/C20H20N2O3S2/c1-27(24,25)15-8-6-7-14(13-15)20(23)22-12-5-4-10-17(22)19-21-16-9-2-3-11-18(16)26-19/h2-3,6-9,11,13,17H,4-5,10,12H2,1H3/t17-/m0/s1. The number of amides is 1. The summed E-state index contributed by atoms with van der Waals surface area (Å²) in [4.78, 5) is 20.0. The Hall–Kier alpha value is -2.25. The lowest BCUT2D eigenvalue weighted by atomic mass is 10.0. The van der Waals surface area contributed by atoms with Gasteiger partial charge >= 0.3 is 0 Å². The van der Waals surface area contributed by atoms with Crippen LogP contribution >= 0.6 is 11.3 Å². The number of hydrogen-bond donors (Lipinski definition) is 0.